The summed E-state index contributed by atoms with van der Waals surface area (Å²) in [4.78, 5) is 11.5. The molecule has 5 N–H and O–H groups in total. The number of hydrogen-bond acceptors (Lipinski definition) is 5. The highest BCUT2D eigenvalue weighted by Gasteiger charge is 2.13. The van der Waals surface area contributed by atoms with Gasteiger partial charge in [-0.05, 0) is 0 Å². The first-order valence-corrected chi connectivity index (χ1v) is 3.22. The van der Waals surface area contributed by atoms with Gasteiger partial charge >= 0.3 is 6.03 Å². The molecule has 0 radical (unpaired) electrons. The van der Waals surface area contributed by atoms with Crippen molar-refractivity contribution in [1.82, 2.24) is 10.2 Å². The molecule has 7 heteroatoms. The zero-order chi connectivity index (χ0) is 9.56. The van der Waals surface area contributed by atoms with E-state index in [-0.39, 0.29) is 0 Å². The maximum atomic E-state index is 10.8. The smallest absolute Gasteiger partial charge is 0.321 e. The molecule has 0 atom stereocenters. The summed E-state index contributed by atoms with van der Waals surface area (Å²) >= 11 is 0. The van der Waals surface area contributed by atoms with Crippen LogP contribution in [-0.4, -0.2) is 57.7 Å². The minimum Gasteiger partial charge on any atom is -0.376 e. The zero-order valence-corrected chi connectivity index (χ0v) is 6.34. The minimum atomic E-state index is -1.71. The SMILES string of the molecule is O=C(NCO)N(CO)CC(O)O. The molecule has 7 nitrogen and oxygen atoms in total. The van der Waals surface area contributed by atoms with Crippen LogP contribution in [0.15, 0.2) is 0 Å². The second kappa shape index (κ2) is 5.72. The zero-order valence-electron chi connectivity index (χ0n) is 6.34. The molecule has 0 aliphatic rings. The summed E-state index contributed by atoms with van der Waals surface area (Å²) in [5.74, 6) is 0. The van der Waals surface area contributed by atoms with Crippen LogP contribution >= 0.6 is 0 Å². The second-order valence-corrected chi connectivity index (χ2v) is 1.98. The molecule has 0 aliphatic heterocycles. The van der Waals surface area contributed by atoms with Gasteiger partial charge in [0.1, 0.15) is 13.5 Å². The van der Waals surface area contributed by atoms with Gasteiger partial charge in [0, 0.05) is 0 Å². The molecule has 0 saturated carbocycles. The largest absolute Gasteiger partial charge is 0.376 e. The van der Waals surface area contributed by atoms with Crippen molar-refractivity contribution < 1.29 is 25.2 Å². The summed E-state index contributed by atoms with van der Waals surface area (Å²) in [5.41, 5.74) is 0. The lowest BCUT2D eigenvalue weighted by Gasteiger charge is -2.20. The van der Waals surface area contributed by atoms with Gasteiger partial charge in [0.25, 0.3) is 0 Å². The number of rotatable bonds is 4. The topological polar surface area (TPSA) is 113 Å². The molecule has 0 aliphatic carbocycles. The lowest BCUT2D eigenvalue weighted by atomic mass is 10.5. The number of nitrogens with one attached hydrogen (secondary N) is 1. The van der Waals surface area contributed by atoms with E-state index in [0.29, 0.717) is 0 Å². The third kappa shape index (κ3) is 4.09. The standard InChI is InChI=1S/C5H12N2O5/c8-2-6-5(12)7(3-9)1-4(10)11/h4,8-11H,1-3H2,(H,6,12). The van der Waals surface area contributed by atoms with Crippen LogP contribution in [-0.2, 0) is 0 Å². The van der Waals surface area contributed by atoms with E-state index in [9.17, 15) is 4.79 Å². The predicted octanol–water partition coefficient (Wildman–Crippen LogP) is -2.79. The molecule has 0 rings (SSSR count). The quantitative estimate of drug-likeness (QED) is 0.300. The fourth-order valence-electron chi connectivity index (χ4n) is 0.581. The number of carbonyl (C=O) groups is 1. The Morgan fingerprint density at radius 2 is 2.00 bits per heavy atom. The van der Waals surface area contributed by atoms with Crippen LogP contribution in [0.1, 0.15) is 0 Å². The first-order chi connectivity index (χ1) is 5.61. The Kier molecular flexibility index (Phi) is 5.30. The minimum absolute atomic E-state index is 0.414. The van der Waals surface area contributed by atoms with Crippen LogP contribution in [0.5, 0.6) is 0 Å². The number of amides is 2. The number of aliphatic hydroxyl groups excluding tert-OH is 3. The monoisotopic (exact) mass is 180 g/mol. The van der Waals surface area contributed by atoms with Crippen LogP contribution in [0, 0.1) is 0 Å². The Labute approximate surface area is 68.8 Å². The van der Waals surface area contributed by atoms with Gasteiger partial charge in [-0.15, -0.1) is 0 Å². The average molecular weight is 180 g/mol. The van der Waals surface area contributed by atoms with Crippen molar-refractivity contribution >= 4 is 6.03 Å². The average Bonchev–Trinajstić information content (AvgIpc) is 2.00. The van der Waals surface area contributed by atoms with Crippen LogP contribution in [0.2, 0.25) is 0 Å². The molecule has 0 spiro atoms. The normalized spacial score (nSPS) is 10.1. The number of urea groups is 1. The van der Waals surface area contributed by atoms with Gasteiger partial charge in [-0.3, -0.25) is 4.90 Å². The summed E-state index contributed by atoms with van der Waals surface area (Å²) in [6, 6.07) is -0.770. The first-order valence-electron chi connectivity index (χ1n) is 3.22. The van der Waals surface area contributed by atoms with Crippen molar-refractivity contribution in [2.45, 2.75) is 6.29 Å². The molecule has 0 heterocycles. The maximum absolute atomic E-state index is 10.8. The van der Waals surface area contributed by atoms with E-state index in [1.54, 1.807) is 0 Å². The maximum Gasteiger partial charge on any atom is 0.321 e. The van der Waals surface area contributed by atoms with Gasteiger partial charge in [0.2, 0.25) is 0 Å². The lowest BCUT2D eigenvalue weighted by Crippen LogP contribution is -2.44. The third-order valence-electron chi connectivity index (χ3n) is 1.07. The lowest BCUT2D eigenvalue weighted by molar-refractivity contribution is -0.0641. The molecule has 0 unspecified atom stereocenters. The fraction of sp³-hybridized carbons (Fsp3) is 0.800. The summed E-state index contributed by atoms with van der Waals surface area (Å²) < 4.78 is 0. The van der Waals surface area contributed by atoms with Gasteiger partial charge in [-0.1, -0.05) is 0 Å². The van der Waals surface area contributed by atoms with Gasteiger partial charge in [-0.2, -0.15) is 0 Å². The summed E-state index contributed by atoms with van der Waals surface area (Å²) in [5, 5.41) is 35.6. The van der Waals surface area contributed by atoms with Gasteiger partial charge in [0.05, 0.1) is 6.54 Å². The molecule has 2 amide bonds. The molecule has 0 bridgehead atoms. The van der Waals surface area contributed by atoms with Gasteiger partial charge in [-0.25, -0.2) is 4.79 Å². The Hall–Kier alpha value is -0.890. The first kappa shape index (κ1) is 11.1. The molecule has 72 valence electrons. The van der Waals surface area contributed by atoms with Crippen molar-refractivity contribution in [2.24, 2.45) is 0 Å². The van der Waals surface area contributed by atoms with Crippen molar-refractivity contribution in [1.29, 1.82) is 0 Å². The summed E-state index contributed by atoms with van der Waals surface area (Å²) in [6.45, 7) is -1.64. The van der Waals surface area contributed by atoms with Crippen LogP contribution in [0.25, 0.3) is 0 Å². The Bertz CT molecular complexity index is 140. The van der Waals surface area contributed by atoms with E-state index in [2.05, 4.69) is 0 Å². The number of nitrogens with zero attached hydrogens (tertiary/aromatic N) is 1. The van der Waals surface area contributed by atoms with Gasteiger partial charge < -0.3 is 25.7 Å². The van der Waals surface area contributed by atoms with Crippen LogP contribution in [0.4, 0.5) is 4.79 Å². The fourth-order valence-corrected chi connectivity index (χ4v) is 0.581. The van der Waals surface area contributed by atoms with E-state index in [1.165, 1.54) is 0 Å². The van der Waals surface area contributed by atoms with Crippen molar-refractivity contribution in [3.05, 3.63) is 0 Å². The van der Waals surface area contributed by atoms with E-state index in [0.717, 1.165) is 4.90 Å². The molecule has 0 saturated heterocycles. The molecular weight excluding hydrogens is 168 g/mol. The number of hydrogen-bond donors (Lipinski definition) is 5. The molecular formula is C5H12N2O5. The number of aliphatic hydroxyl groups is 4. The molecule has 0 aromatic carbocycles. The van der Waals surface area contributed by atoms with Crippen molar-refractivity contribution in [2.75, 3.05) is 20.0 Å². The summed E-state index contributed by atoms with van der Waals surface area (Å²) in [6.07, 6.45) is -1.71. The third-order valence-corrected chi connectivity index (χ3v) is 1.07. The van der Waals surface area contributed by atoms with Crippen LogP contribution < -0.4 is 5.32 Å². The predicted molar refractivity (Wildman–Crippen MR) is 37.6 cm³/mol. The molecule has 12 heavy (non-hydrogen) atoms. The van der Waals surface area contributed by atoms with Gasteiger partial charge in [0.15, 0.2) is 6.29 Å². The highest BCUT2D eigenvalue weighted by Crippen LogP contribution is 1.89. The van der Waals surface area contributed by atoms with E-state index < -0.39 is 32.3 Å². The Morgan fingerprint density at radius 3 is 2.33 bits per heavy atom. The van der Waals surface area contributed by atoms with E-state index in [1.807, 2.05) is 5.32 Å². The summed E-state index contributed by atoms with van der Waals surface area (Å²) in [7, 11) is 0. The Balaban J connectivity index is 3.87. The van der Waals surface area contributed by atoms with Crippen molar-refractivity contribution in [3.63, 3.8) is 0 Å². The molecule has 0 aromatic rings. The second-order valence-electron chi connectivity index (χ2n) is 1.98. The van der Waals surface area contributed by atoms with Crippen molar-refractivity contribution in [3.8, 4) is 0 Å². The molecule has 0 fully saturated rings. The highest BCUT2D eigenvalue weighted by atomic mass is 16.5. The highest BCUT2D eigenvalue weighted by molar-refractivity contribution is 5.73. The number of carbonyl (C=O) groups excluding carboxylic acids is 1. The Morgan fingerprint density at radius 1 is 1.42 bits per heavy atom. The van der Waals surface area contributed by atoms with Crippen LogP contribution in [0.3, 0.4) is 0 Å². The van der Waals surface area contributed by atoms with E-state index >= 15 is 0 Å². The van der Waals surface area contributed by atoms with E-state index in [4.69, 9.17) is 20.4 Å². The molecule has 0 aromatic heterocycles.